The molecule has 0 aliphatic heterocycles. The van der Waals surface area contributed by atoms with Crippen LogP contribution in [0.2, 0.25) is 0 Å². The van der Waals surface area contributed by atoms with Gasteiger partial charge in [-0.2, -0.15) is 0 Å². The molecule has 0 aromatic heterocycles. The first-order valence-electron chi connectivity index (χ1n) is 8.35. The van der Waals surface area contributed by atoms with Gasteiger partial charge in [-0.15, -0.1) is 0 Å². The highest BCUT2D eigenvalue weighted by atomic mass is 14.5. The summed E-state index contributed by atoms with van der Waals surface area (Å²) >= 11 is 0. The Morgan fingerprint density at radius 1 is 0.471 bits per heavy atom. The van der Waals surface area contributed by atoms with Crippen molar-refractivity contribution >= 4 is 0 Å². The second-order valence-electron chi connectivity index (χ2n) is 6.13. The fourth-order valence-corrected chi connectivity index (χ4v) is 3.51. The van der Waals surface area contributed by atoms with Gasteiger partial charge in [0.2, 0.25) is 0 Å². The van der Waals surface area contributed by atoms with E-state index in [2.05, 4.69) is 20.8 Å². The van der Waals surface area contributed by atoms with Gasteiger partial charge in [-0.05, 0) is 37.0 Å². The molecule has 1 saturated carbocycles. The predicted molar refractivity (Wildman–Crippen MR) is 78.3 cm³/mol. The maximum atomic E-state index is 2.33. The van der Waals surface area contributed by atoms with E-state index in [1.54, 1.807) is 12.8 Å². The molecule has 0 N–H and O–H groups in total. The molecule has 0 bridgehead atoms. The summed E-state index contributed by atoms with van der Waals surface area (Å²) in [7, 11) is 0. The van der Waals surface area contributed by atoms with Crippen LogP contribution in [0.25, 0.3) is 0 Å². The summed E-state index contributed by atoms with van der Waals surface area (Å²) < 4.78 is 0. The molecule has 0 aromatic carbocycles. The van der Waals surface area contributed by atoms with E-state index in [4.69, 9.17) is 0 Å². The third-order valence-corrected chi connectivity index (χ3v) is 4.68. The first-order valence-corrected chi connectivity index (χ1v) is 8.35. The van der Waals surface area contributed by atoms with Crippen molar-refractivity contribution in [2.75, 3.05) is 0 Å². The van der Waals surface area contributed by atoms with Gasteiger partial charge in [-0.1, -0.05) is 72.1 Å². The summed E-state index contributed by atoms with van der Waals surface area (Å²) in [5.41, 5.74) is 0. The van der Waals surface area contributed by atoms with Gasteiger partial charge in [-0.25, -0.2) is 0 Å². The molecule has 0 saturated heterocycles. The molecule has 17 heavy (non-hydrogen) atoms. The molecule has 0 nitrogen and oxygen atoms in total. The lowest BCUT2D eigenvalue weighted by Crippen LogP contribution is -1.85. The lowest BCUT2D eigenvalue weighted by atomic mass is 10.1. The highest BCUT2D eigenvalue weighted by Gasteiger charge is 2.47. The van der Waals surface area contributed by atoms with Crippen LogP contribution in [0.15, 0.2) is 0 Å². The van der Waals surface area contributed by atoms with Crippen molar-refractivity contribution in [3.05, 3.63) is 0 Å². The first kappa shape index (κ1) is 15.1. The zero-order chi connectivity index (χ0) is 12.5. The zero-order valence-corrected chi connectivity index (χ0v) is 12.5. The number of hydrogen-bond acceptors (Lipinski definition) is 0. The van der Waals surface area contributed by atoms with E-state index in [-0.39, 0.29) is 0 Å². The maximum Gasteiger partial charge on any atom is -0.0352 e. The summed E-state index contributed by atoms with van der Waals surface area (Å²) in [6, 6.07) is 0. The van der Waals surface area contributed by atoms with Crippen LogP contribution in [0.4, 0.5) is 0 Å². The van der Waals surface area contributed by atoms with Crippen LogP contribution in [0, 0.1) is 17.8 Å². The zero-order valence-electron chi connectivity index (χ0n) is 12.5. The Balaban J connectivity index is 2.17. The second-order valence-corrected chi connectivity index (χ2v) is 6.13. The van der Waals surface area contributed by atoms with Crippen LogP contribution < -0.4 is 0 Å². The number of hydrogen-bond donors (Lipinski definition) is 0. The smallest absolute Gasteiger partial charge is 0.0352 e. The first-order chi connectivity index (χ1) is 8.35. The van der Waals surface area contributed by atoms with E-state index >= 15 is 0 Å². The Kier molecular flexibility index (Phi) is 7.97. The van der Waals surface area contributed by atoms with E-state index in [0.29, 0.717) is 0 Å². The fraction of sp³-hybridized carbons (Fsp3) is 1.00. The highest BCUT2D eigenvalue weighted by molar-refractivity contribution is 4.96. The molecule has 1 rings (SSSR count). The normalized spacial score (nSPS) is 27.4. The Bertz CT molecular complexity index is 157. The topological polar surface area (TPSA) is 0 Å². The third-order valence-electron chi connectivity index (χ3n) is 4.68. The van der Waals surface area contributed by atoms with Crippen molar-refractivity contribution in [1.29, 1.82) is 0 Å². The summed E-state index contributed by atoms with van der Waals surface area (Å²) in [5.74, 6) is 3.39. The average molecular weight is 238 g/mol. The van der Waals surface area contributed by atoms with Crippen LogP contribution in [-0.2, 0) is 0 Å². The monoisotopic (exact) mass is 238 g/mol. The van der Waals surface area contributed by atoms with Gasteiger partial charge in [0.25, 0.3) is 0 Å². The van der Waals surface area contributed by atoms with Gasteiger partial charge in [0.1, 0.15) is 0 Å². The molecule has 0 amide bonds. The molecule has 2 atom stereocenters. The molecule has 0 heteroatoms. The molecule has 0 unspecified atom stereocenters. The maximum absolute atomic E-state index is 2.33. The van der Waals surface area contributed by atoms with E-state index in [1.807, 2.05) is 0 Å². The summed E-state index contributed by atoms with van der Waals surface area (Å²) in [5, 5.41) is 0. The molecule has 1 aliphatic carbocycles. The van der Waals surface area contributed by atoms with Gasteiger partial charge < -0.3 is 0 Å². The van der Waals surface area contributed by atoms with Gasteiger partial charge >= 0.3 is 0 Å². The molecule has 0 aromatic rings. The van der Waals surface area contributed by atoms with Crippen molar-refractivity contribution in [3.8, 4) is 0 Å². The van der Waals surface area contributed by atoms with Crippen LogP contribution in [0.3, 0.4) is 0 Å². The Morgan fingerprint density at radius 2 is 0.824 bits per heavy atom. The van der Waals surface area contributed by atoms with Crippen molar-refractivity contribution < 1.29 is 0 Å². The number of unbranched alkanes of at least 4 members (excludes halogenated alkanes) is 5. The summed E-state index contributed by atoms with van der Waals surface area (Å²) in [6.45, 7) is 6.97. The van der Waals surface area contributed by atoms with E-state index in [1.165, 1.54) is 57.8 Å². The van der Waals surface area contributed by atoms with Gasteiger partial charge in [0.05, 0.1) is 0 Å². The summed E-state index contributed by atoms with van der Waals surface area (Å²) in [6.07, 6.45) is 16.1. The number of rotatable bonds is 11. The molecule has 1 fully saturated rings. The van der Waals surface area contributed by atoms with Gasteiger partial charge in [0.15, 0.2) is 0 Å². The van der Waals surface area contributed by atoms with Crippen molar-refractivity contribution in [2.45, 2.75) is 91.4 Å². The minimum Gasteiger partial charge on any atom is -0.0654 e. The minimum atomic E-state index is 1.13. The van der Waals surface area contributed by atoms with Crippen LogP contribution in [0.1, 0.15) is 91.4 Å². The third kappa shape index (κ3) is 5.44. The Labute approximate surface area is 110 Å². The van der Waals surface area contributed by atoms with Gasteiger partial charge in [-0.3, -0.25) is 0 Å². The molecular weight excluding hydrogens is 204 g/mol. The predicted octanol–water partition coefficient (Wildman–Crippen LogP) is 6.20. The SMILES string of the molecule is CCCCC[C@H]1C(CCCC)[C@@H]1CCCCC. The molecular formula is C17H34. The van der Waals surface area contributed by atoms with Crippen molar-refractivity contribution in [1.82, 2.24) is 0 Å². The van der Waals surface area contributed by atoms with E-state index in [9.17, 15) is 0 Å². The largest absolute Gasteiger partial charge is 0.0654 e. The molecule has 0 radical (unpaired) electrons. The highest BCUT2D eigenvalue weighted by Crippen LogP contribution is 2.54. The van der Waals surface area contributed by atoms with Crippen LogP contribution in [0.5, 0.6) is 0 Å². The van der Waals surface area contributed by atoms with E-state index in [0.717, 1.165) is 17.8 Å². The lowest BCUT2D eigenvalue weighted by molar-refractivity contribution is 0.540. The molecule has 0 heterocycles. The standard InChI is InChI=1S/C17H34/c1-4-7-10-13-16-15(12-9-6-3)17(16)14-11-8-5-2/h15-17H,4-14H2,1-3H3/t16-,17-/m0/s1. The van der Waals surface area contributed by atoms with Gasteiger partial charge in [0, 0.05) is 0 Å². The fourth-order valence-electron chi connectivity index (χ4n) is 3.51. The second kappa shape index (κ2) is 9.00. The lowest BCUT2D eigenvalue weighted by Gasteiger charge is -1.99. The Hall–Kier alpha value is 0. The summed E-state index contributed by atoms with van der Waals surface area (Å²) in [4.78, 5) is 0. The van der Waals surface area contributed by atoms with Crippen LogP contribution in [-0.4, -0.2) is 0 Å². The van der Waals surface area contributed by atoms with Crippen LogP contribution >= 0.6 is 0 Å². The van der Waals surface area contributed by atoms with E-state index < -0.39 is 0 Å². The Morgan fingerprint density at radius 3 is 1.18 bits per heavy atom. The quantitative estimate of drug-likeness (QED) is 0.376. The minimum absolute atomic E-state index is 1.13. The molecule has 0 spiro atoms. The molecule has 1 aliphatic rings. The van der Waals surface area contributed by atoms with Crippen molar-refractivity contribution in [3.63, 3.8) is 0 Å². The average Bonchev–Trinajstić information content (AvgIpc) is 3.00. The van der Waals surface area contributed by atoms with Crippen molar-refractivity contribution in [2.24, 2.45) is 17.8 Å². The molecule has 102 valence electrons.